The average molecular weight is 296 g/mol. The Morgan fingerprint density at radius 2 is 1.40 bits per heavy atom. The van der Waals surface area contributed by atoms with Crippen LogP contribution in [0.4, 0.5) is 0 Å². The second-order valence-corrected chi connectivity index (χ2v) is 4.76. The summed E-state index contributed by atoms with van der Waals surface area (Å²) >= 11 is 0. The minimum Gasteiger partial charge on any atom is -0.394 e. The third-order valence-electron chi connectivity index (χ3n) is 3.50. The average Bonchev–Trinajstić information content (AvgIpc) is 2.91. The van der Waals surface area contributed by atoms with E-state index in [0.717, 1.165) is 0 Å². The van der Waals surface area contributed by atoms with Crippen molar-refractivity contribution in [3.8, 4) is 0 Å². The molecule has 0 amide bonds. The third-order valence-corrected chi connectivity index (χ3v) is 3.50. The molecule has 2 aliphatic heterocycles. The number of hydrogen-bond acceptors (Lipinski definition) is 9. The summed E-state index contributed by atoms with van der Waals surface area (Å²) < 4.78 is 20.7. The lowest BCUT2D eigenvalue weighted by atomic mass is 10.1. The van der Waals surface area contributed by atoms with Gasteiger partial charge >= 0.3 is 0 Å². The fourth-order valence-corrected chi connectivity index (χ4v) is 2.32. The molecule has 0 radical (unpaired) electrons. The molecule has 5 N–H and O–H groups in total. The summed E-state index contributed by atoms with van der Waals surface area (Å²) in [4.78, 5) is 0. The van der Waals surface area contributed by atoms with E-state index < -0.39 is 62.4 Å². The zero-order chi connectivity index (χ0) is 14.9. The van der Waals surface area contributed by atoms with Gasteiger partial charge in [-0.25, -0.2) is 0 Å². The number of rotatable bonds is 5. The molecule has 0 spiro atoms. The maximum atomic E-state index is 9.95. The third kappa shape index (κ3) is 2.82. The van der Waals surface area contributed by atoms with Gasteiger partial charge in [-0.3, -0.25) is 0 Å². The van der Waals surface area contributed by atoms with Gasteiger partial charge in [0.05, 0.1) is 13.2 Å². The summed E-state index contributed by atoms with van der Waals surface area (Å²) in [6.07, 6.45) is -8.86. The summed E-state index contributed by atoms with van der Waals surface area (Å²) in [6.45, 7) is -0.897. The van der Waals surface area contributed by atoms with E-state index in [1.165, 1.54) is 7.11 Å². The van der Waals surface area contributed by atoms with Crippen LogP contribution >= 0.6 is 0 Å². The lowest BCUT2D eigenvalue weighted by Crippen LogP contribution is -2.43. The highest BCUT2D eigenvalue weighted by Crippen LogP contribution is 2.30. The molecule has 2 saturated heterocycles. The molecule has 0 bridgehead atoms. The number of hydrogen-bond donors (Lipinski definition) is 5. The minimum absolute atomic E-state index is 0.420. The molecule has 9 nitrogen and oxygen atoms in total. The number of ether oxygens (including phenoxy) is 4. The van der Waals surface area contributed by atoms with Crippen molar-refractivity contribution < 1.29 is 44.5 Å². The van der Waals surface area contributed by atoms with E-state index >= 15 is 0 Å². The van der Waals surface area contributed by atoms with Gasteiger partial charge < -0.3 is 44.5 Å². The quantitative estimate of drug-likeness (QED) is 0.350. The molecule has 0 aromatic heterocycles. The molecule has 2 fully saturated rings. The van der Waals surface area contributed by atoms with E-state index in [9.17, 15) is 15.3 Å². The van der Waals surface area contributed by atoms with Gasteiger partial charge in [-0.2, -0.15) is 0 Å². The van der Waals surface area contributed by atoms with Crippen molar-refractivity contribution in [3.63, 3.8) is 0 Å². The Morgan fingerprint density at radius 3 is 1.90 bits per heavy atom. The summed E-state index contributed by atoms with van der Waals surface area (Å²) in [5.74, 6) is 0. The van der Waals surface area contributed by atoms with Crippen LogP contribution in [0.5, 0.6) is 0 Å². The lowest BCUT2D eigenvalue weighted by molar-refractivity contribution is -0.241. The van der Waals surface area contributed by atoms with Gasteiger partial charge in [0.2, 0.25) is 0 Å². The Hall–Kier alpha value is -0.360. The molecular weight excluding hydrogens is 276 g/mol. The molecule has 0 aromatic carbocycles. The van der Waals surface area contributed by atoms with E-state index in [-0.39, 0.29) is 0 Å². The van der Waals surface area contributed by atoms with Gasteiger partial charge in [-0.1, -0.05) is 0 Å². The van der Waals surface area contributed by atoms with Gasteiger partial charge in [-0.05, 0) is 0 Å². The maximum absolute atomic E-state index is 9.95. The number of aliphatic hydroxyl groups is 5. The van der Waals surface area contributed by atoms with Crippen LogP contribution < -0.4 is 0 Å². The highest BCUT2D eigenvalue weighted by atomic mass is 16.8. The highest BCUT2D eigenvalue weighted by molar-refractivity contribution is 4.91. The fourth-order valence-electron chi connectivity index (χ4n) is 2.32. The van der Waals surface area contributed by atoms with E-state index in [2.05, 4.69) is 0 Å². The molecule has 118 valence electrons. The Bertz CT molecular complexity index is 312. The van der Waals surface area contributed by atoms with Crippen LogP contribution in [0.2, 0.25) is 0 Å². The van der Waals surface area contributed by atoms with Gasteiger partial charge in [0, 0.05) is 7.11 Å². The highest BCUT2D eigenvalue weighted by Gasteiger charge is 2.50. The summed E-state index contributed by atoms with van der Waals surface area (Å²) in [5.41, 5.74) is 0. The largest absolute Gasteiger partial charge is 0.394 e. The predicted molar refractivity (Wildman–Crippen MR) is 61.4 cm³/mol. The Balaban J connectivity index is 2.01. The predicted octanol–water partition coefficient (Wildman–Crippen LogP) is -3.46. The van der Waals surface area contributed by atoms with Crippen LogP contribution in [-0.2, 0) is 18.9 Å². The van der Waals surface area contributed by atoms with E-state index in [4.69, 9.17) is 29.2 Å². The first-order valence-electron chi connectivity index (χ1n) is 6.28. The summed E-state index contributed by atoms with van der Waals surface area (Å²) in [6, 6.07) is 0. The first-order valence-corrected chi connectivity index (χ1v) is 6.28. The second-order valence-electron chi connectivity index (χ2n) is 4.76. The molecule has 2 aliphatic rings. The van der Waals surface area contributed by atoms with Crippen LogP contribution in [-0.4, -0.2) is 95.1 Å². The zero-order valence-corrected chi connectivity index (χ0v) is 10.9. The van der Waals surface area contributed by atoms with Crippen LogP contribution in [0, 0.1) is 0 Å². The number of aliphatic hydroxyl groups excluding tert-OH is 5. The summed E-state index contributed by atoms with van der Waals surface area (Å²) in [7, 11) is 1.34. The van der Waals surface area contributed by atoms with Crippen molar-refractivity contribution >= 4 is 0 Å². The van der Waals surface area contributed by atoms with Crippen LogP contribution in [0.1, 0.15) is 0 Å². The fraction of sp³-hybridized carbons (Fsp3) is 1.00. The van der Waals surface area contributed by atoms with E-state index in [1.807, 2.05) is 0 Å². The van der Waals surface area contributed by atoms with Crippen molar-refractivity contribution in [2.75, 3.05) is 20.3 Å². The Kier molecular flexibility index (Phi) is 5.29. The second kappa shape index (κ2) is 6.60. The molecule has 8 atom stereocenters. The van der Waals surface area contributed by atoms with Crippen molar-refractivity contribution in [1.82, 2.24) is 0 Å². The van der Waals surface area contributed by atoms with Gasteiger partial charge in [0.15, 0.2) is 12.6 Å². The molecule has 0 aliphatic carbocycles. The van der Waals surface area contributed by atoms with Crippen molar-refractivity contribution in [2.45, 2.75) is 49.2 Å². The van der Waals surface area contributed by atoms with Crippen molar-refractivity contribution in [2.24, 2.45) is 0 Å². The van der Waals surface area contributed by atoms with Crippen LogP contribution in [0.15, 0.2) is 0 Å². The van der Waals surface area contributed by atoms with Crippen molar-refractivity contribution in [3.05, 3.63) is 0 Å². The van der Waals surface area contributed by atoms with E-state index in [0.29, 0.717) is 0 Å². The molecule has 9 heteroatoms. The normalized spacial score (nSPS) is 48.9. The molecule has 20 heavy (non-hydrogen) atoms. The Morgan fingerprint density at radius 1 is 0.850 bits per heavy atom. The lowest BCUT2D eigenvalue weighted by Gasteiger charge is -2.25. The smallest absolute Gasteiger partial charge is 0.187 e. The number of methoxy groups -OCH3 is 1. The van der Waals surface area contributed by atoms with Crippen molar-refractivity contribution in [1.29, 1.82) is 0 Å². The molecule has 0 aromatic rings. The summed E-state index contributed by atoms with van der Waals surface area (Å²) in [5, 5.41) is 47.4. The molecule has 2 heterocycles. The first-order chi connectivity index (χ1) is 9.53. The van der Waals surface area contributed by atoms with Gasteiger partial charge in [0.25, 0.3) is 0 Å². The minimum atomic E-state index is -1.37. The van der Waals surface area contributed by atoms with Crippen LogP contribution in [0.25, 0.3) is 0 Å². The zero-order valence-electron chi connectivity index (χ0n) is 10.9. The standard InChI is InChI=1S/C11H20O9/c1-17-11-9(7(15)5(3-13)19-11)20-10-8(16)6(14)4(2-12)18-10/h4-16H,2-3H2,1H3/t4-,5-,6-,7-,8+,9+,10-,11+/m0/s1. The maximum Gasteiger partial charge on any atom is 0.187 e. The molecule has 2 rings (SSSR count). The van der Waals surface area contributed by atoms with Crippen LogP contribution in [0.3, 0.4) is 0 Å². The topological polar surface area (TPSA) is 138 Å². The SMILES string of the molecule is CO[C@@H]1O[C@@H](CO)[C@H](O)[C@H]1O[C@@H]1O[C@@H](CO)[C@H](O)[C@H]1O. The molecule has 0 unspecified atom stereocenters. The first kappa shape index (κ1) is 16.0. The molecule has 0 saturated carbocycles. The Labute approximate surface area is 115 Å². The van der Waals surface area contributed by atoms with Gasteiger partial charge in [-0.15, -0.1) is 0 Å². The molecular formula is C11H20O9. The monoisotopic (exact) mass is 296 g/mol. The van der Waals surface area contributed by atoms with Gasteiger partial charge in [0.1, 0.15) is 36.6 Å². The van der Waals surface area contributed by atoms with E-state index in [1.54, 1.807) is 0 Å².